The molecule has 0 radical (unpaired) electrons. The molecule has 1 aromatic rings. The Labute approximate surface area is 115 Å². The second kappa shape index (κ2) is 7.13. The van der Waals surface area contributed by atoms with E-state index in [1.54, 1.807) is 7.11 Å². The maximum absolute atomic E-state index is 12.3. The molecule has 0 spiro atoms. The van der Waals surface area contributed by atoms with E-state index in [0.717, 1.165) is 15.2 Å². The summed E-state index contributed by atoms with van der Waals surface area (Å²) in [5.74, 6) is 0.547. The molecule has 0 aliphatic heterocycles. The Morgan fingerprint density at radius 1 is 1.53 bits per heavy atom. The van der Waals surface area contributed by atoms with Gasteiger partial charge in [-0.1, -0.05) is 13.8 Å². The molecule has 1 amide bonds. The average Bonchev–Trinajstić information content (AvgIpc) is 2.69. The Kier molecular flexibility index (Phi) is 6.16. The molecule has 3 nitrogen and oxygen atoms in total. The van der Waals surface area contributed by atoms with E-state index in [1.165, 1.54) is 11.3 Å². The van der Waals surface area contributed by atoms with Crippen LogP contribution in [0.1, 0.15) is 23.5 Å². The first-order valence-electron chi connectivity index (χ1n) is 5.58. The number of carbonyl (C=O) groups is 1. The zero-order chi connectivity index (χ0) is 12.8. The van der Waals surface area contributed by atoms with Crippen LogP contribution in [0.15, 0.2) is 15.9 Å². The summed E-state index contributed by atoms with van der Waals surface area (Å²) in [7, 11) is 1.65. The van der Waals surface area contributed by atoms with Gasteiger partial charge >= 0.3 is 0 Å². The van der Waals surface area contributed by atoms with Crippen molar-refractivity contribution < 1.29 is 9.53 Å². The minimum absolute atomic E-state index is 0.0893. The van der Waals surface area contributed by atoms with Crippen LogP contribution in [-0.2, 0) is 4.74 Å². The Morgan fingerprint density at radius 2 is 2.24 bits per heavy atom. The molecule has 0 bridgehead atoms. The molecule has 0 atom stereocenters. The van der Waals surface area contributed by atoms with Gasteiger partial charge in [-0.15, -0.1) is 11.3 Å². The molecule has 0 N–H and O–H groups in total. The number of hydrogen-bond acceptors (Lipinski definition) is 3. The fourth-order valence-corrected chi connectivity index (χ4v) is 2.86. The van der Waals surface area contributed by atoms with Crippen LogP contribution in [0.4, 0.5) is 0 Å². The highest BCUT2D eigenvalue weighted by Gasteiger charge is 2.18. The summed E-state index contributed by atoms with van der Waals surface area (Å²) in [6, 6.07) is 3.76. The van der Waals surface area contributed by atoms with Crippen molar-refractivity contribution in [2.75, 3.05) is 26.8 Å². The third-order valence-corrected chi connectivity index (χ3v) is 3.83. The van der Waals surface area contributed by atoms with Crippen molar-refractivity contribution in [1.82, 2.24) is 4.90 Å². The van der Waals surface area contributed by atoms with E-state index in [2.05, 4.69) is 29.8 Å². The van der Waals surface area contributed by atoms with Crippen molar-refractivity contribution in [2.45, 2.75) is 13.8 Å². The normalized spacial score (nSPS) is 10.9. The lowest BCUT2D eigenvalue weighted by Crippen LogP contribution is -2.36. The number of amides is 1. The van der Waals surface area contributed by atoms with Crippen LogP contribution >= 0.6 is 27.3 Å². The van der Waals surface area contributed by atoms with E-state index in [0.29, 0.717) is 19.1 Å². The van der Waals surface area contributed by atoms with E-state index in [4.69, 9.17) is 4.74 Å². The fraction of sp³-hybridized carbons (Fsp3) is 0.583. The first-order valence-corrected chi connectivity index (χ1v) is 7.19. The van der Waals surface area contributed by atoms with Gasteiger partial charge in [0.05, 0.1) is 15.3 Å². The number of rotatable bonds is 6. The van der Waals surface area contributed by atoms with Crippen molar-refractivity contribution in [3.8, 4) is 0 Å². The summed E-state index contributed by atoms with van der Waals surface area (Å²) in [5, 5.41) is 0. The average molecular weight is 320 g/mol. The van der Waals surface area contributed by atoms with Crippen LogP contribution in [0.25, 0.3) is 0 Å². The van der Waals surface area contributed by atoms with Crippen LogP contribution in [0.5, 0.6) is 0 Å². The summed E-state index contributed by atoms with van der Waals surface area (Å²) in [5.41, 5.74) is 0. The minimum Gasteiger partial charge on any atom is -0.383 e. The summed E-state index contributed by atoms with van der Waals surface area (Å²) >= 11 is 4.85. The van der Waals surface area contributed by atoms with Crippen molar-refractivity contribution in [3.63, 3.8) is 0 Å². The van der Waals surface area contributed by atoms with Crippen LogP contribution in [0.3, 0.4) is 0 Å². The Balaban J connectivity index is 2.71. The third kappa shape index (κ3) is 4.77. The monoisotopic (exact) mass is 319 g/mol. The number of nitrogens with zero attached hydrogens (tertiary/aromatic N) is 1. The maximum atomic E-state index is 12.3. The Bertz CT molecular complexity index is 365. The molecule has 96 valence electrons. The third-order valence-electron chi connectivity index (χ3n) is 2.22. The smallest absolute Gasteiger partial charge is 0.264 e. The molecule has 17 heavy (non-hydrogen) atoms. The lowest BCUT2D eigenvalue weighted by molar-refractivity contribution is 0.0677. The number of halogens is 1. The molecule has 0 aromatic carbocycles. The van der Waals surface area contributed by atoms with E-state index in [-0.39, 0.29) is 5.91 Å². The van der Waals surface area contributed by atoms with Gasteiger partial charge in [-0.05, 0) is 34.0 Å². The molecular weight excluding hydrogens is 302 g/mol. The number of ether oxygens (including phenoxy) is 1. The highest BCUT2D eigenvalue weighted by Crippen LogP contribution is 2.23. The Morgan fingerprint density at radius 3 is 2.71 bits per heavy atom. The van der Waals surface area contributed by atoms with Gasteiger partial charge < -0.3 is 9.64 Å². The SMILES string of the molecule is COCCN(CC(C)C)C(=O)c1ccc(Br)s1. The van der Waals surface area contributed by atoms with Crippen molar-refractivity contribution >= 4 is 33.2 Å². The highest BCUT2D eigenvalue weighted by molar-refractivity contribution is 9.11. The summed E-state index contributed by atoms with van der Waals surface area (Å²) < 4.78 is 6.03. The lowest BCUT2D eigenvalue weighted by Gasteiger charge is -2.23. The highest BCUT2D eigenvalue weighted by atomic mass is 79.9. The second-order valence-corrected chi connectivity index (χ2v) is 6.70. The van der Waals surface area contributed by atoms with Crippen molar-refractivity contribution in [2.24, 2.45) is 5.92 Å². The topological polar surface area (TPSA) is 29.5 Å². The van der Waals surface area contributed by atoms with Crippen molar-refractivity contribution in [3.05, 3.63) is 20.8 Å². The molecule has 0 fully saturated rings. The zero-order valence-corrected chi connectivity index (χ0v) is 12.8. The van der Waals surface area contributed by atoms with Crippen LogP contribution in [-0.4, -0.2) is 37.6 Å². The van der Waals surface area contributed by atoms with Crippen molar-refractivity contribution in [1.29, 1.82) is 0 Å². The largest absolute Gasteiger partial charge is 0.383 e. The fourth-order valence-electron chi connectivity index (χ4n) is 1.50. The molecule has 0 saturated heterocycles. The first kappa shape index (κ1) is 14.7. The molecule has 0 aliphatic carbocycles. The van der Waals surface area contributed by atoms with Crippen LogP contribution < -0.4 is 0 Å². The predicted molar refractivity (Wildman–Crippen MR) is 74.6 cm³/mol. The molecule has 1 heterocycles. The molecule has 5 heteroatoms. The minimum atomic E-state index is 0.0893. The Hall–Kier alpha value is -0.390. The van der Waals surface area contributed by atoms with Gasteiger partial charge in [0, 0.05) is 20.2 Å². The van der Waals surface area contributed by atoms with Gasteiger partial charge in [-0.2, -0.15) is 0 Å². The van der Waals surface area contributed by atoms with Gasteiger partial charge in [0.2, 0.25) is 0 Å². The molecule has 0 aliphatic rings. The maximum Gasteiger partial charge on any atom is 0.264 e. The summed E-state index contributed by atoms with van der Waals surface area (Å²) in [6.07, 6.45) is 0. The zero-order valence-electron chi connectivity index (χ0n) is 10.4. The predicted octanol–water partition coefficient (Wildman–Crippen LogP) is 3.26. The standard InChI is InChI=1S/C12H18BrNO2S/c1-9(2)8-14(6-7-16-3)12(15)10-4-5-11(13)17-10/h4-5,9H,6-8H2,1-3H3. The van der Waals surface area contributed by atoms with Crippen LogP contribution in [0.2, 0.25) is 0 Å². The van der Waals surface area contributed by atoms with Gasteiger partial charge in [-0.25, -0.2) is 0 Å². The van der Waals surface area contributed by atoms with Gasteiger partial charge in [0.15, 0.2) is 0 Å². The molecule has 1 aromatic heterocycles. The van der Waals surface area contributed by atoms with E-state index in [1.807, 2.05) is 17.0 Å². The number of methoxy groups -OCH3 is 1. The quantitative estimate of drug-likeness (QED) is 0.805. The van der Waals surface area contributed by atoms with Gasteiger partial charge in [-0.3, -0.25) is 4.79 Å². The lowest BCUT2D eigenvalue weighted by atomic mass is 10.2. The van der Waals surface area contributed by atoms with E-state index in [9.17, 15) is 4.79 Å². The van der Waals surface area contributed by atoms with Gasteiger partial charge in [0.1, 0.15) is 0 Å². The second-order valence-electron chi connectivity index (χ2n) is 4.24. The molecular formula is C12H18BrNO2S. The van der Waals surface area contributed by atoms with E-state index >= 15 is 0 Å². The summed E-state index contributed by atoms with van der Waals surface area (Å²) in [6.45, 7) is 6.20. The molecule has 0 saturated carbocycles. The summed E-state index contributed by atoms with van der Waals surface area (Å²) in [4.78, 5) is 14.9. The first-order chi connectivity index (χ1) is 8.04. The number of carbonyl (C=O) groups excluding carboxylic acids is 1. The molecule has 1 rings (SSSR count). The number of hydrogen-bond donors (Lipinski definition) is 0. The van der Waals surface area contributed by atoms with E-state index < -0.39 is 0 Å². The number of thiophene rings is 1. The van der Waals surface area contributed by atoms with Crippen LogP contribution in [0, 0.1) is 5.92 Å². The molecule has 0 unspecified atom stereocenters. The van der Waals surface area contributed by atoms with Gasteiger partial charge in [0.25, 0.3) is 5.91 Å².